The molecule has 24 N–H and O–H groups in total. The average Bonchev–Trinajstić information content (AvgIpc) is 3.47. The van der Waals surface area contributed by atoms with Gasteiger partial charge in [0.2, 0.25) is 11.8 Å². The number of amides is 3. The number of aliphatic carboxylic acids is 6. The number of rotatable bonds is 37. The molecule has 0 fully saturated rings. The van der Waals surface area contributed by atoms with Gasteiger partial charge in [0.05, 0.1) is 12.5 Å². The summed E-state index contributed by atoms with van der Waals surface area (Å²) in [7, 11) is 3.14. The van der Waals surface area contributed by atoms with Crippen LogP contribution in [0.5, 0.6) is 0 Å². The SMILES string of the molecule is CC.CO.CO.CO.NC(N)=NCCC[C@H](NC(=O)[C@H](CC(=O)O)NC(=O)[C@@H](N)CCC(=O)O)C(=O)O.NC(N)=NCCC[C@H](NC(=O)[C@H](CC(=O)O)NC(B=O)(N[C@@H](CCC(=O)O)C(=O)OCc1ccccc1)OCc1ccccc1)C(=O)O. The number of esters is 1. The molecule has 0 bridgehead atoms. The quantitative estimate of drug-likeness (QED) is 0.00768. The number of guanidine groups is 2. The van der Waals surface area contributed by atoms with Gasteiger partial charge in [0, 0.05) is 34.3 Å². The van der Waals surface area contributed by atoms with Gasteiger partial charge < -0.3 is 58.5 Å². The summed E-state index contributed by atoms with van der Waals surface area (Å²) in [6.07, 6.45) is -3.21. The Kier molecular flexibility index (Phi) is 48.5. The van der Waals surface area contributed by atoms with Crippen LogP contribution in [-0.2, 0) is 75.3 Å². The van der Waals surface area contributed by atoms with E-state index >= 15 is 0 Å². The van der Waals surface area contributed by atoms with E-state index < -0.39 is 134 Å². The van der Waals surface area contributed by atoms with E-state index in [0.717, 1.165) is 21.3 Å². The van der Waals surface area contributed by atoms with Gasteiger partial charge in [-0.15, -0.1) is 0 Å². The molecule has 35 heteroatoms. The third-order valence-electron chi connectivity index (χ3n) is 10.2. The van der Waals surface area contributed by atoms with Crippen LogP contribution in [0.25, 0.3) is 0 Å². The molecule has 2 rings (SSSR count). The molecule has 34 nitrogen and oxygen atoms in total. The number of carboxylic acid groups (broad SMARTS) is 6. The molecule has 478 valence electrons. The van der Waals surface area contributed by atoms with E-state index in [1.54, 1.807) is 60.7 Å². The fraction of sp³-hybridized carbons (Fsp3) is 0.520. The van der Waals surface area contributed by atoms with Crippen molar-refractivity contribution in [1.82, 2.24) is 26.6 Å². The first kappa shape index (κ1) is 82.7. The Hall–Kier alpha value is -8.74. The molecule has 3 amide bonds. The number of aliphatic imine (C=N–C) groups is 2. The van der Waals surface area contributed by atoms with Crippen molar-refractivity contribution in [2.75, 3.05) is 34.4 Å². The van der Waals surface area contributed by atoms with Gasteiger partial charge in [-0.3, -0.25) is 24.2 Å². The van der Waals surface area contributed by atoms with Crippen LogP contribution in [0.2, 0.25) is 0 Å². The first-order valence-electron chi connectivity index (χ1n) is 25.6. The molecular formula is C50H83BN12O22. The van der Waals surface area contributed by atoms with Gasteiger partial charge in [0.25, 0.3) is 0 Å². The summed E-state index contributed by atoms with van der Waals surface area (Å²) in [6, 6.07) is 7.86. The fourth-order valence-corrected chi connectivity index (χ4v) is 6.39. The number of ether oxygens (including phenoxy) is 2. The zero-order valence-corrected chi connectivity index (χ0v) is 47.8. The van der Waals surface area contributed by atoms with Crippen molar-refractivity contribution in [2.24, 2.45) is 38.7 Å². The summed E-state index contributed by atoms with van der Waals surface area (Å²) in [5.74, 6) is -15.1. The number of aliphatic hydroxyl groups is 3. The maximum absolute atomic E-state index is 13.4. The first-order chi connectivity index (χ1) is 40.3. The van der Waals surface area contributed by atoms with Gasteiger partial charge in [-0.25, -0.2) is 4.79 Å². The van der Waals surface area contributed by atoms with Gasteiger partial charge in [-0.05, 0) is 19.3 Å². The molecule has 0 aromatic heterocycles. The number of aliphatic hydroxyl groups excluding tert-OH is 3. The number of carboxylic acids is 6. The van der Waals surface area contributed by atoms with Crippen molar-refractivity contribution >= 4 is 78.6 Å². The van der Waals surface area contributed by atoms with Gasteiger partial charge >= 0.3 is 294 Å². The van der Waals surface area contributed by atoms with Gasteiger partial charge in [0.15, 0.2) is 5.96 Å². The van der Waals surface area contributed by atoms with E-state index in [0.29, 0.717) is 11.1 Å². The third-order valence-corrected chi connectivity index (χ3v) is 10.2. The Morgan fingerprint density at radius 3 is 1.28 bits per heavy atom. The molecule has 0 spiro atoms. The summed E-state index contributed by atoms with van der Waals surface area (Å²) in [5, 5.41) is 87.9. The number of hydrogen-bond acceptors (Lipinski definition) is 21. The number of benzene rings is 2. The second-order valence-electron chi connectivity index (χ2n) is 16.5. The van der Waals surface area contributed by atoms with Crippen molar-refractivity contribution in [2.45, 2.75) is 133 Å². The van der Waals surface area contributed by atoms with Crippen molar-refractivity contribution in [3.8, 4) is 0 Å². The van der Waals surface area contributed by atoms with Gasteiger partial charge in [-0.2, -0.15) is 0 Å². The average molecular weight is 1220 g/mol. The summed E-state index contributed by atoms with van der Waals surface area (Å²) in [5.41, 5.74) is 27.5. The normalized spacial score (nSPS) is 12.7. The number of nitrogens with two attached hydrogens (primary N) is 5. The van der Waals surface area contributed by atoms with Crippen LogP contribution in [0.1, 0.15) is 89.2 Å². The van der Waals surface area contributed by atoms with Crippen LogP contribution in [0, 0.1) is 0 Å². The van der Waals surface area contributed by atoms with E-state index in [-0.39, 0.29) is 77.5 Å². The van der Waals surface area contributed by atoms with Crippen molar-refractivity contribution in [3.05, 3.63) is 71.8 Å². The van der Waals surface area contributed by atoms with Gasteiger partial charge in [-0.1, -0.05) is 13.8 Å². The van der Waals surface area contributed by atoms with Crippen LogP contribution in [0.4, 0.5) is 0 Å². The fourth-order valence-electron chi connectivity index (χ4n) is 6.39. The molecule has 2 aromatic rings. The number of hydrogen-bond donors (Lipinski definition) is 19. The molecule has 2 aromatic carbocycles. The summed E-state index contributed by atoms with van der Waals surface area (Å²) >= 11 is 0. The van der Waals surface area contributed by atoms with Gasteiger partial charge in [0.1, 0.15) is 12.1 Å². The molecule has 1 unspecified atom stereocenters. The number of nitrogens with one attached hydrogen (secondary N) is 5. The first-order valence-corrected chi connectivity index (χ1v) is 25.6. The number of carbonyl (C=O) groups is 10. The number of nitrogens with zero attached hydrogens (tertiary/aromatic N) is 2. The molecule has 0 aliphatic carbocycles. The van der Waals surface area contributed by atoms with Crippen molar-refractivity contribution < 1.29 is 108 Å². The van der Waals surface area contributed by atoms with Crippen LogP contribution in [0.3, 0.4) is 0 Å². The van der Waals surface area contributed by atoms with Crippen LogP contribution < -0.4 is 55.3 Å². The van der Waals surface area contributed by atoms with Crippen molar-refractivity contribution in [3.63, 3.8) is 0 Å². The van der Waals surface area contributed by atoms with Crippen LogP contribution in [0.15, 0.2) is 70.6 Å². The van der Waals surface area contributed by atoms with E-state index in [4.69, 9.17) is 63.7 Å². The molecule has 7 atom stereocenters. The topological polar surface area (TPSA) is 603 Å². The Morgan fingerprint density at radius 2 is 0.894 bits per heavy atom. The standard InChI is InChI=1S/C30H39BN6O11.C15H26N6O8.C2H6.3CH4O/c32-29(33)34-15-7-12-21(27(43)44)35-26(42)23(16-25(40)41)37-30(31-46,48-18-20-10-5-2-6-11-20)36-22(13-14-24(38)39)28(45)47-17-19-8-3-1-4-9-19;16-7(3-4-10(22)23)12(26)21-9(6-11(24)25)13(27)20-8(14(28)29)2-1-5-19-15(17)18;4*1-2/h1-6,8-11,21-23,36-37H,7,12-18H2,(H,35,42)(H,38,39)(H,40,41)(H,43,44)(H4,32,33,34);7-9H,1-6,16H2,(H,20,27)(H,21,26)(H,22,23)(H,24,25)(H,28,29)(H4,17,18,19);1-2H3;3*2H,1H3/t21-,22-,23-,30?;7-,8-,9-;;;;/m00..../s1. The Bertz CT molecular complexity index is 2370. The minimum atomic E-state index is -2.49. The second-order valence-corrected chi connectivity index (χ2v) is 16.5. The Balaban J connectivity index is -0.000000758. The predicted molar refractivity (Wildman–Crippen MR) is 303 cm³/mol. The van der Waals surface area contributed by atoms with Crippen LogP contribution in [-0.4, -0.2) is 201 Å². The van der Waals surface area contributed by atoms with E-state index in [1.165, 1.54) is 0 Å². The molecule has 85 heavy (non-hydrogen) atoms. The molecule has 0 aliphatic heterocycles. The number of carbonyl (C=O) groups excluding carboxylic acids is 4. The molecule has 0 saturated carbocycles. The summed E-state index contributed by atoms with van der Waals surface area (Å²) < 4.78 is 24.0. The molecule has 0 heterocycles. The maximum atomic E-state index is 13.4. The van der Waals surface area contributed by atoms with Crippen molar-refractivity contribution in [1.29, 1.82) is 0 Å². The monoisotopic (exact) mass is 1210 g/mol. The van der Waals surface area contributed by atoms with Crippen LogP contribution >= 0.6 is 0 Å². The summed E-state index contributed by atoms with van der Waals surface area (Å²) in [4.78, 5) is 126. The zero-order valence-electron chi connectivity index (χ0n) is 47.8. The molecule has 0 radical (unpaired) electrons. The van der Waals surface area contributed by atoms with E-state index in [9.17, 15) is 73.1 Å². The molecular weight excluding hydrogens is 1130 g/mol. The predicted octanol–water partition coefficient (Wildman–Crippen LogP) is -3.90. The molecule has 0 saturated heterocycles. The minimum absolute atomic E-state index is 0.0519. The molecule has 0 aliphatic rings. The Morgan fingerprint density at radius 1 is 0.518 bits per heavy atom. The Labute approximate surface area is 490 Å². The third kappa shape index (κ3) is 41.0. The van der Waals surface area contributed by atoms with E-state index in [2.05, 4.69) is 36.6 Å². The second kappa shape index (κ2) is 49.8. The van der Waals surface area contributed by atoms with E-state index in [1.807, 2.05) is 13.8 Å². The summed E-state index contributed by atoms with van der Waals surface area (Å²) in [6.45, 7) is 3.67. The zero-order chi connectivity index (χ0) is 66.1.